The first kappa shape index (κ1) is 25.8. The van der Waals surface area contributed by atoms with Crippen LogP contribution in [0, 0.1) is 5.92 Å². The standard InChI is InChI=1S/C30H36N6O2/c1-30(2,3)38-29(37)34-23-12-9-22(10-13-23)19-25-28-33-20-26(36(28)18-17-31-25)24-15-16-32-27(35-24)14-11-21-7-5-4-6-8-21/h4-8,15-18,20,22-23H,9-14,19H2,1-3H3,(H,34,37). The van der Waals surface area contributed by atoms with E-state index < -0.39 is 5.60 Å². The predicted octanol–water partition coefficient (Wildman–Crippen LogP) is 5.60. The van der Waals surface area contributed by atoms with Crippen molar-refractivity contribution in [3.63, 3.8) is 0 Å². The second-order valence-corrected chi connectivity index (χ2v) is 11.1. The van der Waals surface area contributed by atoms with Crippen LogP contribution in [-0.4, -0.2) is 42.1 Å². The van der Waals surface area contributed by atoms with E-state index in [1.165, 1.54) is 5.56 Å². The maximum atomic E-state index is 12.1. The summed E-state index contributed by atoms with van der Waals surface area (Å²) < 4.78 is 7.50. The molecule has 1 aliphatic carbocycles. The van der Waals surface area contributed by atoms with E-state index in [4.69, 9.17) is 19.7 Å². The first-order chi connectivity index (χ1) is 18.3. The Balaban J connectivity index is 1.23. The molecule has 0 radical (unpaired) electrons. The molecule has 0 bridgehead atoms. The first-order valence-electron chi connectivity index (χ1n) is 13.5. The maximum absolute atomic E-state index is 12.1. The number of aromatic nitrogens is 5. The molecule has 0 aliphatic heterocycles. The second-order valence-electron chi connectivity index (χ2n) is 11.1. The van der Waals surface area contributed by atoms with E-state index in [-0.39, 0.29) is 12.1 Å². The molecule has 3 aromatic heterocycles. The molecule has 38 heavy (non-hydrogen) atoms. The van der Waals surface area contributed by atoms with E-state index in [0.717, 1.165) is 73.5 Å². The number of amides is 1. The van der Waals surface area contributed by atoms with Crippen molar-refractivity contribution in [2.75, 3.05) is 0 Å². The number of fused-ring (bicyclic) bond motifs is 1. The molecule has 8 heteroatoms. The van der Waals surface area contributed by atoms with Gasteiger partial charge in [0.05, 0.1) is 23.3 Å². The van der Waals surface area contributed by atoms with Gasteiger partial charge in [-0.05, 0) is 76.8 Å². The molecule has 5 rings (SSSR count). The lowest BCUT2D eigenvalue weighted by Crippen LogP contribution is -2.41. The number of alkyl carbamates (subject to hydrolysis) is 1. The Morgan fingerprint density at radius 3 is 2.55 bits per heavy atom. The number of carbonyl (C=O) groups excluding carboxylic acids is 1. The quantitative estimate of drug-likeness (QED) is 0.347. The van der Waals surface area contributed by atoms with Crippen LogP contribution in [0.25, 0.3) is 17.0 Å². The highest BCUT2D eigenvalue weighted by Gasteiger charge is 2.26. The highest BCUT2D eigenvalue weighted by atomic mass is 16.6. The summed E-state index contributed by atoms with van der Waals surface area (Å²) in [6.07, 6.45) is 13.7. The molecule has 198 valence electrons. The van der Waals surface area contributed by atoms with Crippen LogP contribution in [0.2, 0.25) is 0 Å². The summed E-state index contributed by atoms with van der Waals surface area (Å²) in [5.41, 5.74) is 4.48. The Kier molecular flexibility index (Phi) is 7.67. The summed E-state index contributed by atoms with van der Waals surface area (Å²) in [6, 6.07) is 12.5. The van der Waals surface area contributed by atoms with Gasteiger partial charge in [-0.2, -0.15) is 0 Å². The lowest BCUT2D eigenvalue weighted by Gasteiger charge is -2.30. The van der Waals surface area contributed by atoms with Gasteiger partial charge in [0.1, 0.15) is 11.4 Å². The molecular weight excluding hydrogens is 476 g/mol. The average Bonchev–Trinajstić information content (AvgIpc) is 3.34. The van der Waals surface area contributed by atoms with Crippen LogP contribution in [0.3, 0.4) is 0 Å². The van der Waals surface area contributed by atoms with Crippen molar-refractivity contribution >= 4 is 11.7 Å². The van der Waals surface area contributed by atoms with E-state index in [2.05, 4.69) is 39.0 Å². The summed E-state index contributed by atoms with van der Waals surface area (Å²) in [6.45, 7) is 5.65. The molecule has 0 atom stereocenters. The zero-order chi connectivity index (χ0) is 26.5. The zero-order valence-corrected chi connectivity index (χ0v) is 22.4. The summed E-state index contributed by atoms with van der Waals surface area (Å²) >= 11 is 0. The van der Waals surface area contributed by atoms with Gasteiger partial charge in [0.25, 0.3) is 0 Å². The molecule has 0 spiro atoms. The van der Waals surface area contributed by atoms with E-state index >= 15 is 0 Å². The smallest absolute Gasteiger partial charge is 0.407 e. The van der Waals surface area contributed by atoms with Crippen molar-refractivity contribution in [2.45, 2.75) is 77.4 Å². The van der Waals surface area contributed by atoms with Crippen LogP contribution >= 0.6 is 0 Å². The van der Waals surface area contributed by atoms with Crippen molar-refractivity contribution in [1.82, 2.24) is 29.7 Å². The third-order valence-corrected chi connectivity index (χ3v) is 7.00. The second kappa shape index (κ2) is 11.3. The minimum Gasteiger partial charge on any atom is -0.444 e. The van der Waals surface area contributed by atoms with Crippen LogP contribution in [-0.2, 0) is 24.0 Å². The van der Waals surface area contributed by atoms with Crippen molar-refractivity contribution in [3.05, 3.63) is 78.3 Å². The summed E-state index contributed by atoms with van der Waals surface area (Å²) in [5.74, 6) is 1.33. The molecule has 1 fully saturated rings. The van der Waals surface area contributed by atoms with Crippen molar-refractivity contribution in [3.8, 4) is 11.4 Å². The van der Waals surface area contributed by atoms with Crippen molar-refractivity contribution < 1.29 is 9.53 Å². The number of rotatable bonds is 7. The topological polar surface area (TPSA) is 94.3 Å². The molecule has 1 aliphatic rings. The van der Waals surface area contributed by atoms with E-state index in [0.29, 0.717) is 5.92 Å². The van der Waals surface area contributed by atoms with Gasteiger partial charge >= 0.3 is 6.09 Å². The number of hydrogen-bond acceptors (Lipinski definition) is 6. The molecule has 4 aromatic rings. The third-order valence-electron chi connectivity index (χ3n) is 7.00. The molecule has 1 amide bonds. The first-order valence-corrected chi connectivity index (χ1v) is 13.5. The molecule has 8 nitrogen and oxygen atoms in total. The van der Waals surface area contributed by atoms with Gasteiger partial charge in [-0.15, -0.1) is 0 Å². The van der Waals surface area contributed by atoms with Gasteiger partial charge in [0, 0.05) is 31.1 Å². The molecule has 1 saturated carbocycles. The minimum atomic E-state index is -0.482. The van der Waals surface area contributed by atoms with Gasteiger partial charge in [-0.1, -0.05) is 30.3 Å². The van der Waals surface area contributed by atoms with Gasteiger partial charge in [-0.25, -0.2) is 19.7 Å². The van der Waals surface area contributed by atoms with Gasteiger partial charge in [0.15, 0.2) is 5.65 Å². The lowest BCUT2D eigenvalue weighted by atomic mass is 9.83. The third kappa shape index (κ3) is 6.54. The Labute approximate surface area is 223 Å². The number of ether oxygens (including phenoxy) is 1. The molecule has 0 unspecified atom stereocenters. The number of aryl methyl sites for hydroxylation is 2. The van der Waals surface area contributed by atoms with Gasteiger partial charge in [-0.3, -0.25) is 9.38 Å². The predicted molar refractivity (Wildman–Crippen MR) is 147 cm³/mol. The molecular formula is C30H36N6O2. The van der Waals surface area contributed by atoms with Crippen LogP contribution in [0.5, 0.6) is 0 Å². The summed E-state index contributed by atoms with van der Waals surface area (Å²) in [5, 5.41) is 3.03. The number of hydrogen-bond donors (Lipinski definition) is 1. The van der Waals surface area contributed by atoms with E-state index in [1.54, 1.807) is 0 Å². The molecule has 3 heterocycles. The fraction of sp³-hybridized carbons (Fsp3) is 0.433. The average molecular weight is 513 g/mol. The van der Waals surface area contributed by atoms with Crippen molar-refractivity contribution in [1.29, 1.82) is 0 Å². The lowest BCUT2D eigenvalue weighted by molar-refractivity contribution is 0.0487. The Bertz CT molecular complexity index is 1370. The van der Waals surface area contributed by atoms with E-state index in [1.807, 2.05) is 57.7 Å². The molecule has 0 saturated heterocycles. The van der Waals surface area contributed by atoms with Crippen LogP contribution in [0.1, 0.15) is 63.5 Å². The summed E-state index contributed by atoms with van der Waals surface area (Å²) in [4.78, 5) is 30.9. The molecule has 1 N–H and O–H groups in total. The fourth-order valence-corrected chi connectivity index (χ4v) is 5.13. The van der Waals surface area contributed by atoms with Gasteiger partial charge < -0.3 is 10.1 Å². The molecule has 1 aromatic carbocycles. The zero-order valence-electron chi connectivity index (χ0n) is 22.4. The minimum absolute atomic E-state index is 0.164. The highest BCUT2D eigenvalue weighted by Crippen LogP contribution is 2.29. The van der Waals surface area contributed by atoms with E-state index in [9.17, 15) is 4.79 Å². The number of imidazole rings is 1. The number of benzene rings is 1. The monoisotopic (exact) mass is 512 g/mol. The number of nitrogens with zero attached hydrogens (tertiary/aromatic N) is 5. The highest BCUT2D eigenvalue weighted by molar-refractivity contribution is 5.68. The fourth-order valence-electron chi connectivity index (χ4n) is 5.13. The largest absolute Gasteiger partial charge is 0.444 e. The Morgan fingerprint density at radius 2 is 1.79 bits per heavy atom. The Hall–Kier alpha value is -3.81. The van der Waals surface area contributed by atoms with Crippen LogP contribution in [0.4, 0.5) is 4.79 Å². The van der Waals surface area contributed by atoms with Crippen molar-refractivity contribution in [2.24, 2.45) is 5.92 Å². The SMILES string of the molecule is CC(C)(C)OC(=O)NC1CCC(Cc2nccn3c(-c4ccnc(CCc5ccccc5)n4)cnc23)CC1. The van der Waals surface area contributed by atoms with Crippen LogP contribution < -0.4 is 5.32 Å². The maximum Gasteiger partial charge on any atom is 0.407 e. The summed E-state index contributed by atoms with van der Waals surface area (Å²) in [7, 11) is 0. The number of carbonyl (C=O) groups is 1. The normalized spacial score (nSPS) is 17.9. The Morgan fingerprint density at radius 1 is 1.00 bits per heavy atom. The van der Waals surface area contributed by atoms with Crippen LogP contribution in [0.15, 0.2) is 61.2 Å². The number of nitrogens with one attached hydrogen (secondary N) is 1. The van der Waals surface area contributed by atoms with Gasteiger partial charge in [0.2, 0.25) is 0 Å².